The first-order valence-corrected chi connectivity index (χ1v) is 8.42. The molecule has 0 saturated heterocycles. The van der Waals surface area contributed by atoms with Crippen LogP contribution < -0.4 is 5.32 Å². The second-order valence-corrected chi connectivity index (χ2v) is 6.23. The summed E-state index contributed by atoms with van der Waals surface area (Å²) in [4.78, 5) is 20.2. The highest BCUT2D eigenvalue weighted by Gasteiger charge is 2.09. The smallest absolute Gasteiger partial charge is 0.224 e. The number of para-hydroxylation sites is 1. The van der Waals surface area contributed by atoms with Crippen LogP contribution >= 0.6 is 0 Å². The van der Waals surface area contributed by atoms with Crippen molar-refractivity contribution in [3.05, 3.63) is 72.1 Å². The zero-order chi connectivity index (χ0) is 17.2. The number of hydrogen-bond acceptors (Lipinski definition) is 2. The Labute approximate surface area is 145 Å². The number of aromatic amines is 1. The minimum absolute atomic E-state index is 0.0124. The van der Waals surface area contributed by atoms with Crippen molar-refractivity contribution in [2.75, 3.05) is 5.32 Å². The minimum atomic E-state index is 0.0124. The van der Waals surface area contributed by atoms with Gasteiger partial charge >= 0.3 is 0 Å². The lowest BCUT2D eigenvalue weighted by molar-refractivity contribution is -0.116. The first kappa shape index (κ1) is 15.4. The third-order valence-corrected chi connectivity index (χ3v) is 4.44. The summed E-state index contributed by atoms with van der Waals surface area (Å²) in [5, 5.41) is 5.17. The molecule has 4 aromatic rings. The summed E-state index contributed by atoms with van der Waals surface area (Å²) in [5.41, 5.74) is 4.95. The van der Waals surface area contributed by atoms with Gasteiger partial charge in [-0.1, -0.05) is 24.3 Å². The van der Waals surface area contributed by atoms with Gasteiger partial charge in [-0.3, -0.25) is 9.78 Å². The molecule has 0 spiro atoms. The summed E-state index contributed by atoms with van der Waals surface area (Å²) in [6.45, 7) is 1.96. The molecule has 2 aromatic heterocycles. The maximum atomic E-state index is 12.4. The molecule has 2 heterocycles. The number of carbonyl (C=O) groups excluding carboxylic acids is 1. The van der Waals surface area contributed by atoms with Crippen molar-refractivity contribution < 1.29 is 4.79 Å². The van der Waals surface area contributed by atoms with Crippen LogP contribution in [0.2, 0.25) is 0 Å². The van der Waals surface area contributed by atoms with E-state index < -0.39 is 0 Å². The number of carbonyl (C=O) groups is 1. The van der Waals surface area contributed by atoms with E-state index in [-0.39, 0.29) is 5.91 Å². The largest absolute Gasteiger partial charge is 0.361 e. The van der Waals surface area contributed by atoms with Gasteiger partial charge < -0.3 is 10.3 Å². The molecule has 124 valence electrons. The maximum absolute atomic E-state index is 12.4. The molecule has 0 bridgehead atoms. The fraction of sp³-hybridized carbons (Fsp3) is 0.143. The van der Waals surface area contributed by atoms with Gasteiger partial charge in [0.1, 0.15) is 0 Å². The average Bonchev–Trinajstić information content (AvgIpc) is 3.03. The molecular formula is C21H19N3O. The first-order chi connectivity index (χ1) is 12.2. The van der Waals surface area contributed by atoms with E-state index in [1.54, 1.807) is 0 Å². The topological polar surface area (TPSA) is 57.8 Å². The van der Waals surface area contributed by atoms with E-state index in [1.165, 1.54) is 10.9 Å². The number of fused-ring (bicyclic) bond motifs is 2. The lowest BCUT2D eigenvalue weighted by Crippen LogP contribution is -2.12. The molecule has 0 aliphatic heterocycles. The summed E-state index contributed by atoms with van der Waals surface area (Å²) in [6, 6.07) is 17.9. The van der Waals surface area contributed by atoms with Crippen LogP contribution in [0.25, 0.3) is 21.8 Å². The summed E-state index contributed by atoms with van der Waals surface area (Å²) in [5.74, 6) is 0.0124. The highest BCUT2D eigenvalue weighted by atomic mass is 16.1. The van der Waals surface area contributed by atoms with Crippen LogP contribution in [0.15, 0.2) is 60.8 Å². The number of hydrogen-bond donors (Lipinski definition) is 2. The van der Waals surface area contributed by atoms with E-state index >= 15 is 0 Å². The SMILES string of the molecule is Cc1ccc2c(NC(=O)CCc3c[nH]c4ccccc34)cccc2n1. The first-order valence-electron chi connectivity index (χ1n) is 8.42. The van der Waals surface area contributed by atoms with Crippen molar-refractivity contribution in [3.63, 3.8) is 0 Å². The molecule has 0 aliphatic carbocycles. The van der Waals surface area contributed by atoms with Gasteiger partial charge in [0.05, 0.1) is 11.2 Å². The van der Waals surface area contributed by atoms with Gasteiger partial charge in [0.15, 0.2) is 0 Å². The Bertz CT molecular complexity index is 1070. The van der Waals surface area contributed by atoms with Crippen LogP contribution in [0.4, 0.5) is 5.69 Å². The van der Waals surface area contributed by atoms with E-state index in [0.29, 0.717) is 12.8 Å². The zero-order valence-electron chi connectivity index (χ0n) is 14.0. The van der Waals surface area contributed by atoms with Gasteiger partial charge in [-0.15, -0.1) is 0 Å². The van der Waals surface area contributed by atoms with Crippen molar-refractivity contribution >= 4 is 33.4 Å². The molecule has 0 aliphatic rings. The van der Waals surface area contributed by atoms with Crippen molar-refractivity contribution in [1.82, 2.24) is 9.97 Å². The van der Waals surface area contributed by atoms with E-state index in [9.17, 15) is 4.79 Å². The van der Waals surface area contributed by atoms with Crippen LogP contribution in [-0.2, 0) is 11.2 Å². The van der Waals surface area contributed by atoms with Gasteiger partial charge in [-0.2, -0.15) is 0 Å². The second kappa shape index (κ2) is 6.40. The third kappa shape index (κ3) is 3.11. The van der Waals surface area contributed by atoms with E-state index in [0.717, 1.165) is 27.8 Å². The minimum Gasteiger partial charge on any atom is -0.361 e. The molecule has 4 nitrogen and oxygen atoms in total. The van der Waals surface area contributed by atoms with Crippen molar-refractivity contribution in [3.8, 4) is 0 Å². The van der Waals surface area contributed by atoms with Gasteiger partial charge in [-0.25, -0.2) is 0 Å². The number of rotatable bonds is 4. The van der Waals surface area contributed by atoms with Crippen molar-refractivity contribution in [2.45, 2.75) is 19.8 Å². The third-order valence-electron chi connectivity index (χ3n) is 4.44. The fourth-order valence-corrected chi connectivity index (χ4v) is 3.17. The molecule has 25 heavy (non-hydrogen) atoms. The highest BCUT2D eigenvalue weighted by Crippen LogP contribution is 2.23. The molecule has 4 rings (SSSR count). The Morgan fingerprint density at radius 1 is 1.04 bits per heavy atom. The Balaban J connectivity index is 1.49. The standard InChI is InChI=1S/C21H19N3O/c1-14-9-11-17-19(23-14)7-4-8-20(17)24-21(25)12-10-15-13-22-18-6-3-2-5-16(15)18/h2-9,11,13,22H,10,12H2,1H3,(H,24,25). The number of benzene rings is 2. The van der Waals surface area contributed by atoms with Crippen LogP contribution in [0.5, 0.6) is 0 Å². The molecule has 0 unspecified atom stereocenters. The number of H-pyrrole nitrogens is 1. The molecule has 2 aromatic carbocycles. The summed E-state index contributed by atoms with van der Waals surface area (Å²) in [6.07, 6.45) is 3.14. The Hall–Kier alpha value is -3.14. The molecular weight excluding hydrogens is 310 g/mol. The van der Waals surface area contributed by atoms with Gasteiger partial charge in [0.25, 0.3) is 0 Å². The van der Waals surface area contributed by atoms with Crippen LogP contribution in [0, 0.1) is 6.92 Å². The lowest BCUT2D eigenvalue weighted by Gasteiger charge is -2.09. The van der Waals surface area contributed by atoms with Crippen LogP contribution in [0.3, 0.4) is 0 Å². The lowest BCUT2D eigenvalue weighted by atomic mass is 10.1. The normalized spacial score (nSPS) is 11.1. The highest BCUT2D eigenvalue weighted by molar-refractivity contribution is 6.01. The Morgan fingerprint density at radius 2 is 1.92 bits per heavy atom. The zero-order valence-corrected chi connectivity index (χ0v) is 14.0. The number of anilines is 1. The number of amides is 1. The number of aryl methyl sites for hydroxylation is 2. The molecule has 2 N–H and O–H groups in total. The maximum Gasteiger partial charge on any atom is 0.224 e. The molecule has 0 atom stereocenters. The summed E-state index contributed by atoms with van der Waals surface area (Å²) in [7, 11) is 0. The average molecular weight is 329 g/mol. The quantitative estimate of drug-likeness (QED) is 0.575. The predicted octanol–water partition coefficient (Wildman–Crippen LogP) is 4.60. The number of aromatic nitrogens is 2. The number of nitrogens with zero attached hydrogens (tertiary/aromatic N) is 1. The van der Waals surface area contributed by atoms with E-state index in [2.05, 4.69) is 21.4 Å². The molecule has 0 radical (unpaired) electrons. The Morgan fingerprint density at radius 3 is 2.84 bits per heavy atom. The molecule has 4 heteroatoms. The number of pyridine rings is 1. The fourth-order valence-electron chi connectivity index (χ4n) is 3.17. The molecule has 0 saturated carbocycles. The van der Waals surface area contributed by atoms with E-state index in [4.69, 9.17) is 0 Å². The summed E-state index contributed by atoms with van der Waals surface area (Å²) >= 11 is 0. The van der Waals surface area contributed by atoms with E-state index in [1.807, 2.05) is 61.7 Å². The second-order valence-electron chi connectivity index (χ2n) is 6.23. The van der Waals surface area contributed by atoms with Crippen molar-refractivity contribution in [1.29, 1.82) is 0 Å². The molecule has 1 amide bonds. The van der Waals surface area contributed by atoms with Gasteiger partial charge in [0, 0.05) is 34.6 Å². The monoisotopic (exact) mass is 329 g/mol. The number of nitrogens with one attached hydrogen (secondary N) is 2. The Kier molecular flexibility index (Phi) is 3.94. The van der Waals surface area contributed by atoms with Gasteiger partial charge in [0.2, 0.25) is 5.91 Å². The van der Waals surface area contributed by atoms with Crippen molar-refractivity contribution in [2.24, 2.45) is 0 Å². The molecule has 0 fully saturated rings. The van der Waals surface area contributed by atoms with Crippen LogP contribution in [0.1, 0.15) is 17.7 Å². The van der Waals surface area contributed by atoms with Gasteiger partial charge in [-0.05, 0) is 49.2 Å². The summed E-state index contributed by atoms with van der Waals surface area (Å²) < 4.78 is 0. The predicted molar refractivity (Wildman–Crippen MR) is 102 cm³/mol. The van der Waals surface area contributed by atoms with Crippen LogP contribution in [-0.4, -0.2) is 15.9 Å².